The number of amides is 2. The number of nitrogens with one attached hydrogen (secondary N) is 1. The smallest absolute Gasteiger partial charge is 0.265 e. The maximum atomic E-state index is 12.6. The molecule has 0 saturated carbocycles. The van der Waals surface area contributed by atoms with Crippen molar-refractivity contribution in [1.82, 2.24) is 0 Å². The van der Waals surface area contributed by atoms with Crippen molar-refractivity contribution in [2.24, 2.45) is 0 Å². The second-order valence-corrected chi connectivity index (χ2v) is 7.09. The molecule has 0 fully saturated rings. The first kappa shape index (κ1) is 18.7. The SMILES string of the molecule is Cc1ccccc1CN1C(=O)COc2ccc(NC(=O)Cc3ccccc3)cc21. The number of ether oxygens (including phenoxy) is 1. The molecule has 29 heavy (non-hydrogen) atoms. The molecule has 0 unspecified atom stereocenters. The van der Waals surface area contributed by atoms with E-state index in [1.807, 2.05) is 61.5 Å². The van der Waals surface area contributed by atoms with Crippen LogP contribution < -0.4 is 15.0 Å². The van der Waals surface area contributed by atoms with Crippen LogP contribution in [0.3, 0.4) is 0 Å². The number of benzene rings is 3. The molecular formula is C24H22N2O3. The number of carbonyl (C=O) groups excluding carboxylic acids is 2. The molecule has 4 rings (SSSR count). The summed E-state index contributed by atoms with van der Waals surface area (Å²) >= 11 is 0. The van der Waals surface area contributed by atoms with Crippen LogP contribution in [0.25, 0.3) is 0 Å². The highest BCUT2D eigenvalue weighted by atomic mass is 16.5. The molecule has 0 spiro atoms. The van der Waals surface area contributed by atoms with E-state index in [4.69, 9.17) is 4.74 Å². The minimum atomic E-state index is -0.107. The highest BCUT2D eigenvalue weighted by Gasteiger charge is 2.26. The number of carbonyl (C=O) groups is 2. The molecule has 0 bridgehead atoms. The average molecular weight is 386 g/mol. The van der Waals surface area contributed by atoms with Crippen molar-refractivity contribution in [2.75, 3.05) is 16.8 Å². The van der Waals surface area contributed by atoms with E-state index in [-0.39, 0.29) is 18.4 Å². The zero-order valence-electron chi connectivity index (χ0n) is 16.2. The van der Waals surface area contributed by atoms with Gasteiger partial charge >= 0.3 is 0 Å². The molecule has 1 heterocycles. The molecular weight excluding hydrogens is 364 g/mol. The number of hydrogen-bond acceptors (Lipinski definition) is 3. The molecule has 146 valence electrons. The van der Waals surface area contributed by atoms with E-state index in [1.165, 1.54) is 0 Å². The van der Waals surface area contributed by atoms with Crippen molar-refractivity contribution in [2.45, 2.75) is 19.9 Å². The fourth-order valence-corrected chi connectivity index (χ4v) is 3.40. The van der Waals surface area contributed by atoms with Gasteiger partial charge in [-0.2, -0.15) is 0 Å². The predicted molar refractivity (Wildman–Crippen MR) is 113 cm³/mol. The van der Waals surface area contributed by atoms with Gasteiger partial charge in [-0.3, -0.25) is 9.59 Å². The first-order valence-electron chi connectivity index (χ1n) is 9.55. The van der Waals surface area contributed by atoms with Gasteiger partial charge in [-0.1, -0.05) is 54.6 Å². The van der Waals surface area contributed by atoms with Crippen LogP contribution in [0.5, 0.6) is 5.75 Å². The largest absolute Gasteiger partial charge is 0.482 e. The summed E-state index contributed by atoms with van der Waals surface area (Å²) in [5.74, 6) is 0.428. The van der Waals surface area contributed by atoms with Crippen molar-refractivity contribution in [1.29, 1.82) is 0 Å². The molecule has 3 aromatic carbocycles. The number of rotatable bonds is 5. The van der Waals surface area contributed by atoms with Crippen LogP contribution in [0, 0.1) is 6.92 Å². The lowest BCUT2D eigenvalue weighted by Gasteiger charge is -2.30. The zero-order valence-corrected chi connectivity index (χ0v) is 16.2. The van der Waals surface area contributed by atoms with E-state index < -0.39 is 0 Å². The lowest BCUT2D eigenvalue weighted by molar-refractivity contribution is -0.121. The van der Waals surface area contributed by atoms with Gasteiger partial charge in [0.1, 0.15) is 5.75 Å². The first-order valence-corrected chi connectivity index (χ1v) is 9.55. The Balaban J connectivity index is 1.55. The maximum absolute atomic E-state index is 12.6. The molecule has 0 saturated heterocycles. The van der Waals surface area contributed by atoms with Crippen LogP contribution in [0.15, 0.2) is 72.8 Å². The first-order chi connectivity index (χ1) is 14.1. The second kappa shape index (κ2) is 8.19. The third-order valence-corrected chi connectivity index (χ3v) is 4.98. The molecule has 0 radical (unpaired) electrons. The second-order valence-electron chi connectivity index (χ2n) is 7.09. The Bertz CT molecular complexity index is 1050. The number of anilines is 2. The Morgan fingerprint density at radius 2 is 1.79 bits per heavy atom. The van der Waals surface area contributed by atoms with Crippen molar-refractivity contribution < 1.29 is 14.3 Å². The number of hydrogen-bond donors (Lipinski definition) is 1. The quantitative estimate of drug-likeness (QED) is 0.718. The minimum Gasteiger partial charge on any atom is -0.482 e. The Labute approximate surface area is 169 Å². The van der Waals surface area contributed by atoms with Gasteiger partial charge in [0.15, 0.2) is 6.61 Å². The van der Waals surface area contributed by atoms with Gasteiger partial charge in [0.2, 0.25) is 5.91 Å². The highest BCUT2D eigenvalue weighted by molar-refractivity contribution is 5.99. The summed E-state index contributed by atoms with van der Waals surface area (Å²) in [6, 6.07) is 23.0. The van der Waals surface area contributed by atoms with E-state index in [9.17, 15) is 9.59 Å². The van der Waals surface area contributed by atoms with Crippen LogP contribution in [-0.4, -0.2) is 18.4 Å². The van der Waals surface area contributed by atoms with E-state index in [1.54, 1.807) is 23.1 Å². The standard InChI is InChI=1S/C24H22N2O3/c1-17-7-5-6-10-19(17)15-26-21-14-20(11-12-22(21)29-16-24(26)28)25-23(27)13-18-8-3-2-4-9-18/h2-12,14H,13,15-16H2,1H3,(H,25,27). The molecule has 3 aromatic rings. The zero-order chi connectivity index (χ0) is 20.2. The monoisotopic (exact) mass is 386 g/mol. The van der Waals surface area contributed by atoms with Gasteiger partial charge in [-0.25, -0.2) is 0 Å². The summed E-state index contributed by atoms with van der Waals surface area (Å²) in [6.45, 7) is 2.50. The minimum absolute atomic E-state index is 0.0125. The van der Waals surface area contributed by atoms with Gasteiger partial charge in [0, 0.05) is 5.69 Å². The topological polar surface area (TPSA) is 58.6 Å². The molecule has 1 N–H and O–H groups in total. The van der Waals surface area contributed by atoms with E-state index in [0.29, 0.717) is 30.1 Å². The Morgan fingerprint density at radius 1 is 1.03 bits per heavy atom. The maximum Gasteiger partial charge on any atom is 0.265 e. The molecule has 0 aliphatic carbocycles. The van der Waals surface area contributed by atoms with Crippen LogP contribution in [0.1, 0.15) is 16.7 Å². The Hall–Kier alpha value is -3.60. The fourth-order valence-electron chi connectivity index (χ4n) is 3.40. The number of nitrogens with zero attached hydrogens (tertiary/aromatic N) is 1. The van der Waals surface area contributed by atoms with Gasteiger partial charge in [0.05, 0.1) is 18.7 Å². The predicted octanol–water partition coefficient (Wildman–Crippen LogP) is 4.10. The summed E-state index contributed by atoms with van der Waals surface area (Å²) in [5.41, 5.74) is 4.45. The van der Waals surface area contributed by atoms with Crippen LogP contribution in [-0.2, 0) is 22.6 Å². The van der Waals surface area contributed by atoms with Gasteiger partial charge in [0.25, 0.3) is 5.91 Å². The molecule has 5 heteroatoms. The lowest BCUT2D eigenvalue weighted by Crippen LogP contribution is -2.38. The number of aryl methyl sites for hydroxylation is 1. The summed E-state index contributed by atoms with van der Waals surface area (Å²) in [5, 5.41) is 2.92. The van der Waals surface area contributed by atoms with E-state index in [0.717, 1.165) is 16.7 Å². The lowest BCUT2D eigenvalue weighted by atomic mass is 10.1. The Kier molecular flexibility index (Phi) is 5.29. The van der Waals surface area contributed by atoms with Crippen molar-refractivity contribution in [3.8, 4) is 5.75 Å². The van der Waals surface area contributed by atoms with Crippen LogP contribution >= 0.6 is 0 Å². The molecule has 1 aliphatic rings. The molecule has 5 nitrogen and oxygen atoms in total. The third-order valence-electron chi connectivity index (χ3n) is 4.98. The Morgan fingerprint density at radius 3 is 2.59 bits per heavy atom. The van der Waals surface area contributed by atoms with Crippen molar-refractivity contribution in [3.63, 3.8) is 0 Å². The van der Waals surface area contributed by atoms with Gasteiger partial charge in [-0.15, -0.1) is 0 Å². The molecule has 0 aromatic heterocycles. The molecule has 2 amide bonds. The average Bonchev–Trinajstić information content (AvgIpc) is 2.72. The summed E-state index contributed by atoms with van der Waals surface area (Å²) in [4.78, 5) is 26.7. The van der Waals surface area contributed by atoms with Gasteiger partial charge < -0.3 is 15.0 Å². The number of fused-ring (bicyclic) bond motifs is 1. The normalized spacial score (nSPS) is 12.9. The van der Waals surface area contributed by atoms with Crippen molar-refractivity contribution >= 4 is 23.2 Å². The van der Waals surface area contributed by atoms with Crippen LogP contribution in [0.4, 0.5) is 11.4 Å². The van der Waals surface area contributed by atoms with Crippen LogP contribution in [0.2, 0.25) is 0 Å². The summed E-state index contributed by atoms with van der Waals surface area (Å²) in [6.07, 6.45) is 0.292. The van der Waals surface area contributed by atoms with Gasteiger partial charge in [-0.05, 0) is 41.8 Å². The van der Waals surface area contributed by atoms with E-state index in [2.05, 4.69) is 5.32 Å². The summed E-state index contributed by atoms with van der Waals surface area (Å²) < 4.78 is 5.59. The summed E-state index contributed by atoms with van der Waals surface area (Å²) in [7, 11) is 0. The molecule has 1 aliphatic heterocycles. The van der Waals surface area contributed by atoms with E-state index >= 15 is 0 Å². The third kappa shape index (κ3) is 4.29. The van der Waals surface area contributed by atoms with Crippen molar-refractivity contribution in [3.05, 3.63) is 89.5 Å². The highest BCUT2D eigenvalue weighted by Crippen LogP contribution is 2.35. The fraction of sp³-hybridized carbons (Fsp3) is 0.167. The molecule has 0 atom stereocenters.